The van der Waals surface area contributed by atoms with Gasteiger partial charge >= 0.3 is 0 Å². The van der Waals surface area contributed by atoms with E-state index in [0.29, 0.717) is 26.1 Å². The summed E-state index contributed by atoms with van der Waals surface area (Å²) < 4.78 is 8.36. The van der Waals surface area contributed by atoms with E-state index in [4.69, 9.17) is 9.72 Å². The molecule has 1 aromatic heterocycles. The monoisotopic (exact) mass is 453 g/mol. The van der Waals surface area contributed by atoms with Gasteiger partial charge in [-0.1, -0.05) is 43.3 Å². The average molecular weight is 454 g/mol. The van der Waals surface area contributed by atoms with E-state index in [1.165, 1.54) is 16.7 Å². The van der Waals surface area contributed by atoms with Crippen LogP contribution in [0.3, 0.4) is 0 Å². The molecular formula is C29H31N3O2. The number of imidazole rings is 1. The molecule has 1 amide bonds. The summed E-state index contributed by atoms with van der Waals surface area (Å²) in [6, 6.07) is 22.7. The first-order valence-corrected chi connectivity index (χ1v) is 12.1. The second-order valence-corrected chi connectivity index (χ2v) is 9.17. The molecule has 0 N–H and O–H groups in total. The van der Waals surface area contributed by atoms with Crippen LogP contribution in [-0.2, 0) is 17.8 Å². The van der Waals surface area contributed by atoms with Crippen molar-refractivity contribution in [2.75, 3.05) is 18.1 Å². The van der Waals surface area contributed by atoms with Crippen molar-refractivity contribution in [3.05, 3.63) is 89.2 Å². The number of nitrogens with zero attached hydrogens (tertiary/aromatic N) is 3. The van der Waals surface area contributed by atoms with E-state index in [9.17, 15) is 4.79 Å². The highest BCUT2D eigenvalue weighted by atomic mass is 16.5. The number of fused-ring (bicyclic) bond motifs is 1. The fourth-order valence-electron chi connectivity index (χ4n) is 5.10. The third-order valence-electron chi connectivity index (χ3n) is 6.62. The first kappa shape index (κ1) is 22.2. The SMILES string of the molecule is CCc1ccccc1N1C[C@H](c2nc3ccccc3n2CCOc2cc(C)cc(C)c2)CC1=O. The van der Waals surface area contributed by atoms with Crippen molar-refractivity contribution in [2.45, 2.75) is 46.1 Å². The lowest BCUT2D eigenvalue weighted by atomic mass is 10.1. The maximum Gasteiger partial charge on any atom is 0.227 e. The Morgan fingerprint density at radius 2 is 1.74 bits per heavy atom. The summed E-state index contributed by atoms with van der Waals surface area (Å²) in [5, 5.41) is 0. The molecule has 0 radical (unpaired) electrons. The van der Waals surface area contributed by atoms with Crippen molar-refractivity contribution < 1.29 is 9.53 Å². The van der Waals surface area contributed by atoms with E-state index >= 15 is 0 Å². The molecule has 174 valence electrons. The molecule has 0 unspecified atom stereocenters. The number of anilines is 1. The molecule has 1 aliphatic heterocycles. The molecule has 0 saturated carbocycles. The largest absolute Gasteiger partial charge is 0.492 e. The van der Waals surface area contributed by atoms with Gasteiger partial charge in [-0.25, -0.2) is 4.98 Å². The maximum atomic E-state index is 13.1. The van der Waals surface area contributed by atoms with Gasteiger partial charge < -0.3 is 14.2 Å². The summed E-state index contributed by atoms with van der Waals surface area (Å²) in [6.45, 7) is 8.17. The smallest absolute Gasteiger partial charge is 0.227 e. The zero-order chi connectivity index (χ0) is 23.7. The van der Waals surface area contributed by atoms with Crippen molar-refractivity contribution in [1.29, 1.82) is 0 Å². The highest BCUT2D eigenvalue weighted by molar-refractivity contribution is 5.97. The van der Waals surface area contributed by atoms with Gasteiger partial charge in [0.1, 0.15) is 18.2 Å². The molecule has 5 rings (SSSR count). The van der Waals surface area contributed by atoms with Gasteiger partial charge in [0.25, 0.3) is 0 Å². The number of hydrogen-bond donors (Lipinski definition) is 0. The zero-order valence-corrected chi connectivity index (χ0v) is 20.1. The van der Waals surface area contributed by atoms with Crippen LogP contribution in [0.15, 0.2) is 66.7 Å². The summed E-state index contributed by atoms with van der Waals surface area (Å²) >= 11 is 0. The Kier molecular flexibility index (Phi) is 6.10. The molecule has 0 spiro atoms. The fourth-order valence-corrected chi connectivity index (χ4v) is 5.10. The minimum atomic E-state index is 0.0472. The Morgan fingerprint density at radius 3 is 2.53 bits per heavy atom. The van der Waals surface area contributed by atoms with Gasteiger partial charge in [-0.05, 0) is 67.3 Å². The number of aryl methyl sites for hydroxylation is 3. The van der Waals surface area contributed by atoms with E-state index in [-0.39, 0.29) is 11.8 Å². The molecule has 1 saturated heterocycles. The molecule has 0 bridgehead atoms. The summed E-state index contributed by atoms with van der Waals surface area (Å²) in [5.41, 5.74) is 6.66. The maximum absolute atomic E-state index is 13.1. The molecule has 1 fully saturated rings. The fraction of sp³-hybridized carbons (Fsp3) is 0.310. The van der Waals surface area contributed by atoms with E-state index in [1.54, 1.807) is 0 Å². The Hall–Kier alpha value is -3.60. The van der Waals surface area contributed by atoms with Crippen molar-refractivity contribution in [2.24, 2.45) is 0 Å². The number of hydrogen-bond acceptors (Lipinski definition) is 3. The predicted molar refractivity (Wildman–Crippen MR) is 137 cm³/mol. The Labute approximate surface area is 201 Å². The first-order chi connectivity index (χ1) is 16.5. The lowest BCUT2D eigenvalue weighted by molar-refractivity contribution is -0.117. The Morgan fingerprint density at radius 1 is 1.00 bits per heavy atom. The highest BCUT2D eigenvalue weighted by Crippen LogP contribution is 2.34. The quantitative estimate of drug-likeness (QED) is 0.354. The van der Waals surface area contributed by atoms with Gasteiger partial charge in [0.2, 0.25) is 5.91 Å². The van der Waals surface area contributed by atoms with E-state index in [1.807, 2.05) is 35.2 Å². The number of para-hydroxylation sites is 3. The zero-order valence-electron chi connectivity index (χ0n) is 20.1. The number of carbonyl (C=O) groups excluding carboxylic acids is 1. The third-order valence-corrected chi connectivity index (χ3v) is 6.62. The average Bonchev–Trinajstić information content (AvgIpc) is 3.39. The molecule has 4 aromatic rings. The normalized spacial score (nSPS) is 15.9. The Bertz CT molecular complexity index is 1320. The lowest BCUT2D eigenvalue weighted by Crippen LogP contribution is -2.25. The number of amides is 1. The van der Waals surface area contributed by atoms with Crippen LogP contribution in [0.4, 0.5) is 5.69 Å². The molecule has 1 atom stereocenters. The van der Waals surface area contributed by atoms with Crippen LogP contribution in [-0.4, -0.2) is 28.6 Å². The van der Waals surface area contributed by atoms with Crippen molar-refractivity contribution in [3.63, 3.8) is 0 Å². The van der Waals surface area contributed by atoms with Crippen LogP contribution < -0.4 is 9.64 Å². The van der Waals surface area contributed by atoms with Crippen LogP contribution >= 0.6 is 0 Å². The third kappa shape index (κ3) is 4.30. The van der Waals surface area contributed by atoms with Gasteiger partial charge in [-0.2, -0.15) is 0 Å². The summed E-state index contributed by atoms with van der Waals surface area (Å²) in [4.78, 5) is 20.0. The number of ether oxygens (including phenoxy) is 1. The number of aromatic nitrogens is 2. The minimum absolute atomic E-state index is 0.0472. The molecule has 5 nitrogen and oxygen atoms in total. The van der Waals surface area contributed by atoms with Crippen LogP contribution in [0.2, 0.25) is 0 Å². The molecule has 0 aliphatic carbocycles. The van der Waals surface area contributed by atoms with Crippen molar-refractivity contribution >= 4 is 22.6 Å². The standard InChI is InChI=1S/C29H31N3O2/c1-4-22-9-5-7-11-26(22)32-19-23(18-28(32)33)29-30-25-10-6-8-12-27(25)31(29)13-14-34-24-16-20(2)15-21(3)17-24/h5-12,15-17,23H,4,13-14,18-19H2,1-3H3/t23-/m1/s1. The van der Waals surface area contributed by atoms with Gasteiger partial charge in [0, 0.05) is 24.6 Å². The van der Waals surface area contributed by atoms with Crippen LogP contribution in [0.1, 0.15) is 41.8 Å². The topological polar surface area (TPSA) is 47.4 Å². The van der Waals surface area contributed by atoms with Gasteiger partial charge in [-0.3, -0.25) is 4.79 Å². The molecule has 1 aliphatic rings. The number of rotatable bonds is 7. The molecule has 3 aromatic carbocycles. The van der Waals surface area contributed by atoms with E-state index in [0.717, 1.165) is 34.7 Å². The summed E-state index contributed by atoms with van der Waals surface area (Å²) in [6.07, 6.45) is 1.37. The van der Waals surface area contributed by atoms with Crippen LogP contribution in [0.25, 0.3) is 11.0 Å². The van der Waals surface area contributed by atoms with Crippen molar-refractivity contribution in [1.82, 2.24) is 9.55 Å². The first-order valence-electron chi connectivity index (χ1n) is 12.1. The van der Waals surface area contributed by atoms with Crippen LogP contribution in [0.5, 0.6) is 5.75 Å². The minimum Gasteiger partial charge on any atom is -0.492 e. The number of benzene rings is 3. The summed E-state index contributed by atoms with van der Waals surface area (Å²) in [7, 11) is 0. The lowest BCUT2D eigenvalue weighted by Gasteiger charge is -2.20. The summed E-state index contributed by atoms with van der Waals surface area (Å²) in [5.74, 6) is 2.07. The van der Waals surface area contributed by atoms with Crippen LogP contribution in [0, 0.1) is 13.8 Å². The molecule has 2 heterocycles. The Balaban J connectivity index is 1.41. The molecule has 34 heavy (non-hydrogen) atoms. The predicted octanol–water partition coefficient (Wildman–Crippen LogP) is 5.82. The van der Waals surface area contributed by atoms with Gasteiger partial charge in [0.05, 0.1) is 17.6 Å². The van der Waals surface area contributed by atoms with E-state index in [2.05, 4.69) is 61.7 Å². The van der Waals surface area contributed by atoms with Gasteiger partial charge in [0.15, 0.2) is 0 Å². The van der Waals surface area contributed by atoms with Crippen molar-refractivity contribution in [3.8, 4) is 5.75 Å². The second-order valence-electron chi connectivity index (χ2n) is 9.17. The highest BCUT2D eigenvalue weighted by Gasteiger charge is 2.35. The molecule has 5 heteroatoms. The van der Waals surface area contributed by atoms with Gasteiger partial charge in [-0.15, -0.1) is 0 Å². The number of carbonyl (C=O) groups is 1. The second kappa shape index (κ2) is 9.34. The molecular weight excluding hydrogens is 422 g/mol. The van der Waals surface area contributed by atoms with E-state index < -0.39 is 0 Å².